The first-order valence-corrected chi connectivity index (χ1v) is 13.7. The van der Waals surface area contributed by atoms with Gasteiger partial charge in [0.05, 0.1) is 32.7 Å². The summed E-state index contributed by atoms with van der Waals surface area (Å²) in [7, 11) is 2.38. The molecule has 0 saturated carbocycles. The molecule has 1 N–H and O–H groups in total. The number of amides is 1. The monoisotopic (exact) mass is 650 g/mol. The predicted octanol–water partition coefficient (Wildman–Crippen LogP) is -0.222. The van der Waals surface area contributed by atoms with E-state index < -0.39 is 79.6 Å². The molecule has 0 spiro atoms. The van der Waals surface area contributed by atoms with Crippen molar-refractivity contribution in [2.75, 3.05) is 27.4 Å². The van der Waals surface area contributed by atoms with Gasteiger partial charge in [0, 0.05) is 33.8 Å². The number of nitrogens with one attached hydrogen (secondary N) is 1. The summed E-state index contributed by atoms with van der Waals surface area (Å²) in [6.45, 7) is 3.53. The Labute approximate surface area is 262 Å². The van der Waals surface area contributed by atoms with Gasteiger partial charge >= 0.3 is 29.8 Å². The summed E-state index contributed by atoms with van der Waals surface area (Å²) >= 11 is 0. The van der Waals surface area contributed by atoms with E-state index in [-0.39, 0.29) is 23.6 Å². The summed E-state index contributed by atoms with van der Waals surface area (Å²) in [4.78, 5) is 71.4. The van der Waals surface area contributed by atoms with Crippen LogP contribution in [0.4, 0.5) is 0 Å². The second-order valence-electron chi connectivity index (χ2n) is 9.72. The summed E-state index contributed by atoms with van der Waals surface area (Å²) in [6.07, 6.45) is -3.56. The first kappa shape index (κ1) is 35.4. The van der Waals surface area contributed by atoms with Crippen LogP contribution in [0.15, 0.2) is 24.4 Å². The molecule has 1 fully saturated rings. The Kier molecular flexibility index (Phi) is 12.5. The summed E-state index contributed by atoms with van der Waals surface area (Å²) in [5, 5.41) is 10.7. The van der Waals surface area contributed by atoms with E-state index in [1.807, 2.05) is 0 Å². The second-order valence-corrected chi connectivity index (χ2v) is 9.72. The highest BCUT2D eigenvalue weighted by Gasteiger charge is 2.51. The SMILES string of the molecule is COC(=O)COc1cc(-n2cc(CO[C@H]3O[C@@H](COC(C)=O)[C@@H](OC(C)=O)[C@@H](OC(C)=O)[C@@H]3NC(C)=O)nn2)ccc1C(=O)OC. The maximum Gasteiger partial charge on any atom is 0.343 e. The van der Waals surface area contributed by atoms with Crippen LogP contribution in [0.25, 0.3) is 5.69 Å². The summed E-state index contributed by atoms with van der Waals surface area (Å²) in [6, 6.07) is 3.21. The van der Waals surface area contributed by atoms with Gasteiger partial charge in [0.25, 0.3) is 0 Å². The lowest BCUT2D eigenvalue weighted by Crippen LogP contribution is -2.66. The van der Waals surface area contributed by atoms with E-state index in [1.165, 1.54) is 57.1 Å². The van der Waals surface area contributed by atoms with Gasteiger partial charge in [0.2, 0.25) is 5.91 Å². The Morgan fingerprint density at radius 3 is 2.24 bits per heavy atom. The van der Waals surface area contributed by atoms with E-state index in [2.05, 4.69) is 20.4 Å². The molecule has 1 aliphatic rings. The summed E-state index contributed by atoms with van der Waals surface area (Å²) < 4.78 is 43.9. The van der Waals surface area contributed by atoms with Crippen LogP contribution in [0.2, 0.25) is 0 Å². The molecule has 18 nitrogen and oxygen atoms in total. The lowest BCUT2D eigenvalue weighted by molar-refractivity contribution is -0.280. The van der Waals surface area contributed by atoms with Crippen molar-refractivity contribution in [1.82, 2.24) is 20.3 Å². The van der Waals surface area contributed by atoms with Crippen molar-refractivity contribution < 1.29 is 66.7 Å². The average Bonchev–Trinajstić information content (AvgIpc) is 3.48. The van der Waals surface area contributed by atoms with Crippen LogP contribution in [0.1, 0.15) is 43.7 Å². The first-order valence-electron chi connectivity index (χ1n) is 13.7. The van der Waals surface area contributed by atoms with Gasteiger partial charge in [0.1, 0.15) is 35.8 Å². The molecule has 0 aliphatic carbocycles. The lowest BCUT2D eigenvalue weighted by Gasteiger charge is -2.44. The average molecular weight is 651 g/mol. The zero-order valence-corrected chi connectivity index (χ0v) is 25.9. The number of ether oxygens (including phenoxy) is 8. The van der Waals surface area contributed by atoms with Crippen molar-refractivity contribution in [1.29, 1.82) is 0 Å². The van der Waals surface area contributed by atoms with Crippen LogP contribution >= 0.6 is 0 Å². The van der Waals surface area contributed by atoms with Gasteiger partial charge in [-0.25, -0.2) is 14.3 Å². The van der Waals surface area contributed by atoms with Crippen molar-refractivity contribution >= 4 is 35.8 Å². The van der Waals surface area contributed by atoms with E-state index in [0.29, 0.717) is 5.69 Å². The molecule has 1 amide bonds. The molecule has 18 heteroatoms. The van der Waals surface area contributed by atoms with Crippen molar-refractivity contribution in [3.63, 3.8) is 0 Å². The number of benzene rings is 1. The van der Waals surface area contributed by atoms with Crippen molar-refractivity contribution in [2.24, 2.45) is 0 Å². The summed E-state index contributed by atoms with van der Waals surface area (Å²) in [5.74, 6) is -4.02. The number of hydrogen-bond acceptors (Lipinski definition) is 16. The van der Waals surface area contributed by atoms with E-state index in [0.717, 1.165) is 13.8 Å². The van der Waals surface area contributed by atoms with Gasteiger partial charge in [0.15, 0.2) is 25.1 Å². The fraction of sp³-hybridized carbons (Fsp3) is 0.500. The molecule has 5 atom stereocenters. The molecule has 250 valence electrons. The number of carbonyl (C=O) groups excluding carboxylic acids is 6. The minimum absolute atomic E-state index is 0.0227. The Morgan fingerprint density at radius 1 is 0.935 bits per heavy atom. The molecule has 0 radical (unpaired) electrons. The number of hydrogen-bond donors (Lipinski definition) is 1. The predicted molar refractivity (Wildman–Crippen MR) is 149 cm³/mol. The van der Waals surface area contributed by atoms with Gasteiger partial charge < -0.3 is 43.2 Å². The Morgan fingerprint density at radius 2 is 1.63 bits per heavy atom. The molecule has 1 saturated heterocycles. The quantitative estimate of drug-likeness (QED) is 0.219. The number of rotatable bonds is 13. The Hall–Kier alpha value is -5.10. The zero-order chi connectivity index (χ0) is 34.0. The van der Waals surface area contributed by atoms with Crippen LogP contribution < -0.4 is 10.1 Å². The van der Waals surface area contributed by atoms with Crippen LogP contribution in [-0.4, -0.2) is 109 Å². The molecule has 0 unspecified atom stereocenters. The minimum Gasteiger partial charge on any atom is -0.481 e. The highest BCUT2D eigenvalue weighted by atomic mass is 16.7. The van der Waals surface area contributed by atoms with Gasteiger partial charge in [-0.05, 0) is 12.1 Å². The third-order valence-corrected chi connectivity index (χ3v) is 6.22. The molecular weight excluding hydrogens is 616 g/mol. The second kappa shape index (κ2) is 16.3. The van der Waals surface area contributed by atoms with Crippen LogP contribution in [0, 0.1) is 0 Å². The Balaban J connectivity index is 1.87. The van der Waals surface area contributed by atoms with Gasteiger partial charge in [-0.15, -0.1) is 5.10 Å². The van der Waals surface area contributed by atoms with Gasteiger partial charge in [-0.2, -0.15) is 0 Å². The molecule has 46 heavy (non-hydrogen) atoms. The van der Waals surface area contributed by atoms with Gasteiger partial charge in [-0.3, -0.25) is 19.2 Å². The van der Waals surface area contributed by atoms with E-state index in [9.17, 15) is 28.8 Å². The minimum atomic E-state index is -1.32. The topological polar surface area (TPSA) is 219 Å². The van der Waals surface area contributed by atoms with Crippen LogP contribution in [-0.2, 0) is 63.7 Å². The van der Waals surface area contributed by atoms with Gasteiger partial charge in [-0.1, -0.05) is 5.21 Å². The molecule has 1 aliphatic heterocycles. The third kappa shape index (κ3) is 9.70. The van der Waals surface area contributed by atoms with E-state index >= 15 is 0 Å². The van der Waals surface area contributed by atoms with Crippen molar-refractivity contribution in [3.05, 3.63) is 35.7 Å². The number of aromatic nitrogens is 3. The third-order valence-electron chi connectivity index (χ3n) is 6.22. The Bertz CT molecular complexity index is 1440. The zero-order valence-electron chi connectivity index (χ0n) is 25.9. The number of methoxy groups -OCH3 is 2. The molecule has 1 aromatic carbocycles. The highest BCUT2D eigenvalue weighted by Crippen LogP contribution is 2.29. The highest BCUT2D eigenvalue weighted by molar-refractivity contribution is 5.93. The molecule has 3 rings (SSSR count). The fourth-order valence-corrected chi connectivity index (χ4v) is 4.34. The molecule has 0 bridgehead atoms. The normalized spacial score (nSPS) is 20.5. The summed E-state index contributed by atoms with van der Waals surface area (Å²) in [5.41, 5.74) is 0.703. The lowest BCUT2D eigenvalue weighted by atomic mass is 9.96. The van der Waals surface area contributed by atoms with Crippen molar-refractivity contribution in [3.8, 4) is 11.4 Å². The van der Waals surface area contributed by atoms with Crippen LogP contribution in [0.5, 0.6) is 5.75 Å². The standard InChI is InChI=1S/C28H34N4O14/c1-14(33)29-24-26(45-17(4)36)25(44-16(3)35)22(12-41-15(2)34)46-28(24)43-11-18-10-32(31-30-18)19-7-8-20(27(38)40-6)21(9-19)42-13-23(37)39-5/h7-10,22,24-26,28H,11-13H2,1-6H3,(H,29,33)/t22-,24-,25+,26-,28-/m0/s1. The first-order chi connectivity index (χ1) is 21.8. The maximum absolute atomic E-state index is 12.2. The molecular formula is C28H34N4O14. The maximum atomic E-state index is 12.2. The molecule has 1 aromatic heterocycles. The van der Waals surface area contributed by atoms with Crippen molar-refractivity contribution in [2.45, 2.75) is 64.9 Å². The largest absolute Gasteiger partial charge is 0.481 e. The number of esters is 5. The number of nitrogens with zero attached hydrogens (tertiary/aromatic N) is 3. The molecule has 2 heterocycles. The van der Waals surface area contributed by atoms with E-state index in [1.54, 1.807) is 0 Å². The molecule has 2 aromatic rings. The van der Waals surface area contributed by atoms with Crippen LogP contribution in [0.3, 0.4) is 0 Å². The smallest absolute Gasteiger partial charge is 0.343 e. The van der Waals surface area contributed by atoms with E-state index in [4.69, 9.17) is 33.2 Å². The number of carbonyl (C=O) groups is 6. The fourth-order valence-electron chi connectivity index (χ4n) is 4.34.